The van der Waals surface area contributed by atoms with Crippen molar-refractivity contribution in [2.75, 3.05) is 0 Å². The van der Waals surface area contributed by atoms with E-state index in [1.165, 1.54) is 0 Å². The quantitative estimate of drug-likeness (QED) is 0.463. The highest BCUT2D eigenvalue weighted by molar-refractivity contribution is 6.04. The molecule has 1 atom stereocenters. The van der Waals surface area contributed by atoms with Gasteiger partial charge in [0.15, 0.2) is 0 Å². The maximum atomic E-state index is 12.5. The Labute approximate surface area is 177 Å². The molecule has 31 heavy (non-hydrogen) atoms. The number of fused-ring (bicyclic) bond motifs is 3. The molecule has 0 N–H and O–H groups in total. The van der Waals surface area contributed by atoms with Gasteiger partial charge in [-0.3, -0.25) is 9.59 Å². The highest BCUT2D eigenvalue weighted by Gasteiger charge is 2.41. The number of nitroso groups, excluding NO2 is 1. The molecule has 3 aromatic rings. The summed E-state index contributed by atoms with van der Waals surface area (Å²) >= 11 is 0. The minimum atomic E-state index is -0.628. The molecule has 2 aliphatic heterocycles. The summed E-state index contributed by atoms with van der Waals surface area (Å²) < 4.78 is 6.14. The van der Waals surface area contributed by atoms with Crippen molar-refractivity contribution < 1.29 is 14.3 Å². The normalized spacial score (nSPS) is 18.0. The molecule has 0 bridgehead atoms. The highest BCUT2D eigenvalue weighted by atomic mass is 16.5. The first kappa shape index (κ1) is 18.7. The molecule has 7 heteroatoms. The van der Waals surface area contributed by atoms with E-state index in [1.807, 2.05) is 36.4 Å². The lowest BCUT2D eigenvalue weighted by Gasteiger charge is -2.31. The molecule has 7 nitrogen and oxygen atoms in total. The molecule has 150 valence electrons. The Morgan fingerprint density at radius 1 is 1.00 bits per heavy atom. The average Bonchev–Trinajstić information content (AvgIpc) is 3.15. The lowest BCUT2D eigenvalue weighted by molar-refractivity contribution is -0.137. The first-order chi connectivity index (χ1) is 15.1. The van der Waals surface area contributed by atoms with E-state index in [0.29, 0.717) is 16.9 Å². The van der Waals surface area contributed by atoms with Gasteiger partial charge in [-0.2, -0.15) is 5.26 Å². The van der Waals surface area contributed by atoms with Crippen molar-refractivity contribution in [2.45, 2.75) is 18.8 Å². The van der Waals surface area contributed by atoms with Crippen molar-refractivity contribution in [3.05, 3.63) is 88.2 Å². The topological polar surface area (TPSA) is 99.8 Å². The molecule has 0 radical (unpaired) electrons. The fraction of sp³-hybridized carbons (Fsp3) is 0.125. The third-order valence-electron chi connectivity index (χ3n) is 5.62. The van der Waals surface area contributed by atoms with Crippen molar-refractivity contribution in [2.24, 2.45) is 5.18 Å². The minimum absolute atomic E-state index is 0.0617. The van der Waals surface area contributed by atoms with Gasteiger partial charge in [0, 0.05) is 23.8 Å². The maximum absolute atomic E-state index is 12.5. The van der Waals surface area contributed by atoms with Crippen LogP contribution < -0.4 is 4.74 Å². The number of carbonyl (C=O) groups is 2. The number of carbonyl (C=O) groups excluding carboxylic acids is 2. The summed E-state index contributed by atoms with van der Waals surface area (Å²) in [6.45, 7) is 0. The Morgan fingerprint density at radius 2 is 1.77 bits per heavy atom. The van der Waals surface area contributed by atoms with E-state index in [2.05, 4.69) is 11.2 Å². The van der Waals surface area contributed by atoms with Crippen molar-refractivity contribution in [1.82, 2.24) is 4.90 Å². The van der Waals surface area contributed by atoms with Gasteiger partial charge in [-0.1, -0.05) is 48.5 Å². The molecule has 0 saturated carbocycles. The number of likely N-dealkylation sites (tertiary alicyclic amines) is 1. The van der Waals surface area contributed by atoms with Crippen molar-refractivity contribution in [1.29, 1.82) is 5.26 Å². The zero-order chi connectivity index (χ0) is 21.5. The van der Waals surface area contributed by atoms with E-state index in [9.17, 15) is 19.8 Å². The highest BCUT2D eigenvalue weighted by Crippen LogP contribution is 2.47. The van der Waals surface area contributed by atoms with Gasteiger partial charge in [0.05, 0.1) is 5.92 Å². The fourth-order valence-electron chi connectivity index (χ4n) is 4.22. The van der Waals surface area contributed by atoms with E-state index in [1.54, 1.807) is 24.3 Å². The summed E-state index contributed by atoms with van der Waals surface area (Å²) in [5.41, 5.74) is 1.71. The second kappa shape index (κ2) is 7.18. The largest absolute Gasteiger partial charge is 0.438 e. The molecular formula is C24H15N3O4. The predicted octanol–water partition coefficient (Wildman–Crippen LogP) is 4.65. The molecule has 1 unspecified atom stereocenters. The lowest BCUT2D eigenvalue weighted by Crippen LogP contribution is -2.35. The van der Waals surface area contributed by atoms with E-state index >= 15 is 0 Å². The van der Waals surface area contributed by atoms with Crippen LogP contribution >= 0.6 is 0 Å². The first-order valence-electron chi connectivity index (χ1n) is 9.75. The molecule has 0 aromatic heterocycles. The summed E-state index contributed by atoms with van der Waals surface area (Å²) in [4.78, 5) is 37.1. The maximum Gasteiger partial charge on any atom is 0.236 e. The van der Waals surface area contributed by atoms with Crippen LogP contribution in [0.5, 0.6) is 5.75 Å². The summed E-state index contributed by atoms with van der Waals surface area (Å²) in [5.74, 6) is -1.02. The van der Waals surface area contributed by atoms with Gasteiger partial charge in [0.2, 0.25) is 17.7 Å². The number of imide groups is 1. The number of hydrogen-bond donors (Lipinski definition) is 0. The van der Waals surface area contributed by atoms with Gasteiger partial charge in [-0.15, -0.1) is 4.91 Å². The van der Waals surface area contributed by atoms with Crippen molar-refractivity contribution >= 4 is 28.3 Å². The van der Waals surface area contributed by atoms with Crippen LogP contribution in [0.15, 0.2) is 77.3 Å². The Hall–Kier alpha value is -4.31. The Morgan fingerprint density at radius 3 is 2.52 bits per heavy atom. The summed E-state index contributed by atoms with van der Waals surface area (Å²) in [7, 11) is 0. The number of nitrogens with zero attached hydrogens (tertiary/aromatic N) is 3. The van der Waals surface area contributed by atoms with Gasteiger partial charge in [-0.25, -0.2) is 4.90 Å². The van der Waals surface area contributed by atoms with Crippen LogP contribution in [0.25, 0.3) is 10.8 Å². The van der Waals surface area contributed by atoms with Crippen LogP contribution in [0.3, 0.4) is 0 Å². The second-order valence-electron chi connectivity index (χ2n) is 7.38. The first-order valence-corrected chi connectivity index (χ1v) is 9.75. The summed E-state index contributed by atoms with van der Waals surface area (Å²) in [6, 6.07) is 20.2. The lowest BCUT2D eigenvalue weighted by atomic mass is 9.82. The Bertz CT molecular complexity index is 1340. The van der Waals surface area contributed by atoms with Gasteiger partial charge in [0.1, 0.15) is 23.1 Å². The van der Waals surface area contributed by atoms with Gasteiger partial charge in [-0.05, 0) is 28.3 Å². The van der Waals surface area contributed by atoms with Crippen molar-refractivity contribution in [3.8, 4) is 11.8 Å². The predicted molar refractivity (Wildman–Crippen MR) is 112 cm³/mol. The van der Waals surface area contributed by atoms with Crippen LogP contribution in [-0.2, 0) is 9.59 Å². The minimum Gasteiger partial charge on any atom is -0.438 e. The number of allylic oxidation sites excluding steroid dienone is 1. The monoisotopic (exact) mass is 409 g/mol. The average molecular weight is 409 g/mol. The summed E-state index contributed by atoms with van der Waals surface area (Å²) in [6.07, 6.45) is 0.143. The molecule has 1 saturated heterocycles. The Kier molecular flexibility index (Phi) is 4.33. The second-order valence-corrected chi connectivity index (χ2v) is 7.38. The number of ether oxygens (including phenoxy) is 1. The van der Waals surface area contributed by atoms with Crippen molar-refractivity contribution in [3.63, 3.8) is 0 Å². The van der Waals surface area contributed by atoms with E-state index < -0.39 is 17.7 Å². The van der Waals surface area contributed by atoms with Gasteiger partial charge >= 0.3 is 0 Å². The third-order valence-corrected chi connectivity index (χ3v) is 5.62. The zero-order valence-corrected chi connectivity index (χ0v) is 16.2. The summed E-state index contributed by atoms with van der Waals surface area (Å²) in [5, 5.41) is 14.8. The molecule has 2 heterocycles. The van der Waals surface area contributed by atoms with Crippen LogP contribution in [0, 0.1) is 16.2 Å². The molecule has 3 aromatic carbocycles. The molecule has 2 amide bonds. The molecule has 5 rings (SSSR count). The molecule has 1 fully saturated rings. The number of nitriles is 1. The fourth-order valence-corrected chi connectivity index (χ4v) is 4.22. The zero-order valence-electron chi connectivity index (χ0n) is 16.2. The number of amides is 2. The van der Waals surface area contributed by atoms with Crippen LogP contribution in [0.2, 0.25) is 0 Å². The van der Waals surface area contributed by atoms with E-state index in [-0.39, 0.29) is 30.0 Å². The van der Waals surface area contributed by atoms with E-state index in [4.69, 9.17) is 4.74 Å². The smallest absolute Gasteiger partial charge is 0.236 e. The Balaban J connectivity index is 1.82. The van der Waals surface area contributed by atoms with Crippen LogP contribution in [0.4, 0.5) is 5.69 Å². The standard InChI is InChI=1S/C24H15N3O4/c25-13-19-22(15-5-3-6-16(12-15)26-30)18-9-8-14-4-1-2-7-17(14)23(18)31-24(19)27-20(28)10-11-21(27)29/h1-9,12,22H,10-11H2. The molecule has 0 aliphatic carbocycles. The van der Waals surface area contributed by atoms with E-state index in [0.717, 1.165) is 15.7 Å². The molecular weight excluding hydrogens is 394 g/mol. The SMILES string of the molecule is N#CC1=C(N2C(=O)CCC2=O)Oc2c(ccc3ccccc23)C1c1cccc(N=O)c1. The number of benzene rings is 3. The number of hydrogen-bond acceptors (Lipinski definition) is 6. The van der Waals surface area contributed by atoms with Gasteiger partial charge in [0.25, 0.3) is 0 Å². The van der Waals surface area contributed by atoms with Crippen LogP contribution in [-0.4, -0.2) is 16.7 Å². The van der Waals surface area contributed by atoms with Crippen LogP contribution in [0.1, 0.15) is 29.9 Å². The van der Waals surface area contributed by atoms with Gasteiger partial charge < -0.3 is 4.74 Å². The third kappa shape index (κ3) is 2.89. The number of rotatable bonds is 3. The molecule has 2 aliphatic rings. The molecule has 0 spiro atoms.